The van der Waals surface area contributed by atoms with Crippen LogP contribution in [0, 0.1) is 0 Å². The summed E-state index contributed by atoms with van der Waals surface area (Å²) < 4.78 is 5.15. The van der Waals surface area contributed by atoms with Gasteiger partial charge < -0.3 is 15.8 Å². The van der Waals surface area contributed by atoms with Crippen LogP contribution >= 0.6 is 0 Å². The Morgan fingerprint density at radius 2 is 1.81 bits per heavy atom. The summed E-state index contributed by atoms with van der Waals surface area (Å²) in [6.45, 7) is 5.14. The van der Waals surface area contributed by atoms with Crippen molar-refractivity contribution < 1.29 is 4.74 Å². The molecule has 0 radical (unpaired) electrons. The molecule has 2 aromatic rings. The number of ether oxygens (including phenoxy) is 1. The first kappa shape index (κ1) is 19.2. The molecule has 27 heavy (non-hydrogen) atoms. The lowest BCUT2D eigenvalue weighted by atomic mass is 10.0. The summed E-state index contributed by atoms with van der Waals surface area (Å²) in [6.07, 6.45) is 3.99. The van der Waals surface area contributed by atoms with Gasteiger partial charge in [-0.05, 0) is 61.7 Å². The van der Waals surface area contributed by atoms with Crippen molar-refractivity contribution in [2.24, 2.45) is 10.7 Å². The van der Waals surface area contributed by atoms with E-state index in [1.165, 1.54) is 31.4 Å². The van der Waals surface area contributed by atoms with Gasteiger partial charge in [0.1, 0.15) is 5.75 Å². The van der Waals surface area contributed by atoms with E-state index in [1.54, 1.807) is 7.11 Å². The molecule has 5 heteroatoms. The van der Waals surface area contributed by atoms with Crippen molar-refractivity contribution in [1.29, 1.82) is 0 Å². The molecule has 1 heterocycles. The predicted molar refractivity (Wildman–Crippen MR) is 112 cm³/mol. The van der Waals surface area contributed by atoms with E-state index in [0.717, 1.165) is 23.5 Å². The largest absolute Gasteiger partial charge is 0.497 e. The number of methoxy groups -OCH3 is 1. The number of guanidine groups is 1. The zero-order valence-electron chi connectivity index (χ0n) is 16.3. The second-order valence-electron chi connectivity index (χ2n) is 7.19. The fourth-order valence-electron chi connectivity index (χ4n) is 3.42. The molecule has 144 valence electrons. The van der Waals surface area contributed by atoms with Gasteiger partial charge in [0.15, 0.2) is 5.96 Å². The van der Waals surface area contributed by atoms with Crippen molar-refractivity contribution in [2.45, 2.75) is 45.3 Å². The van der Waals surface area contributed by atoms with Crippen LogP contribution in [0.4, 0.5) is 5.69 Å². The number of piperidine rings is 1. The highest BCUT2D eigenvalue weighted by atomic mass is 16.5. The molecular formula is C22H30N4O. The number of anilines is 1. The maximum atomic E-state index is 5.99. The first-order chi connectivity index (χ1) is 13.1. The Bertz CT molecular complexity index is 740. The van der Waals surface area contributed by atoms with Gasteiger partial charge in [-0.3, -0.25) is 4.90 Å². The van der Waals surface area contributed by atoms with E-state index in [0.29, 0.717) is 18.5 Å². The van der Waals surface area contributed by atoms with Gasteiger partial charge in [-0.25, -0.2) is 4.99 Å². The summed E-state index contributed by atoms with van der Waals surface area (Å²) in [4.78, 5) is 7.01. The quantitative estimate of drug-likeness (QED) is 0.599. The first-order valence-corrected chi connectivity index (χ1v) is 9.67. The molecule has 1 aliphatic heterocycles. The molecule has 1 fully saturated rings. The summed E-state index contributed by atoms with van der Waals surface area (Å²) in [5.41, 5.74) is 9.40. The SMILES string of the molecule is COc1ccc(NC(N)=NCc2ccc(CN3CCCCC3C)cc2)cc1. The molecule has 0 saturated carbocycles. The molecule has 0 aliphatic carbocycles. The smallest absolute Gasteiger partial charge is 0.193 e. The monoisotopic (exact) mass is 366 g/mol. The Labute approximate surface area is 162 Å². The molecule has 0 bridgehead atoms. The normalized spacial score (nSPS) is 18.3. The minimum atomic E-state index is 0.409. The summed E-state index contributed by atoms with van der Waals surface area (Å²) in [6, 6.07) is 17.0. The Hall–Kier alpha value is -2.53. The van der Waals surface area contributed by atoms with E-state index in [2.05, 4.69) is 46.4 Å². The second-order valence-corrected chi connectivity index (χ2v) is 7.19. The predicted octanol–water partition coefficient (Wildman–Crippen LogP) is 4.00. The average Bonchev–Trinajstić information content (AvgIpc) is 2.70. The lowest BCUT2D eigenvalue weighted by Crippen LogP contribution is -2.36. The molecule has 0 amide bonds. The molecule has 1 saturated heterocycles. The Balaban J connectivity index is 1.51. The van der Waals surface area contributed by atoms with E-state index in [4.69, 9.17) is 10.5 Å². The highest BCUT2D eigenvalue weighted by molar-refractivity contribution is 5.92. The van der Waals surface area contributed by atoms with Crippen LogP contribution in [0.2, 0.25) is 0 Å². The highest BCUT2D eigenvalue weighted by Gasteiger charge is 2.17. The molecular weight excluding hydrogens is 336 g/mol. The third-order valence-corrected chi connectivity index (χ3v) is 5.14. The third-order valence-electron chi connectivity index (χ3n) is 5.14. The molecule has 0 spiro atoms. The third kappa shape index (κ3) is 5.73. The van der Waals surface area contributed by atoms with Crippen LogP contribution in [0.25, 0.3) is 0 Å². The van der Waals surface area contributed by atoms with Crippen molar-refractivity contribution in [1.82, 2.24) is 4.90 Å². The molecule has 3 rings (SSSR count). The maximum Gasteiger partial charge on any atom is 0.193 e. The number of likely N-dealkylation sites (tertiary alicyclic amines) is 1. The van der Waals surface area contributed by atoms with Gasteiger partial charge in [-0.15, -0.1) is 0 Å². The molecule has 2 aromatic carbocycles. The number of hydrogen-bond acceptors (Lipinski definition) is 3. The van der Waals surface area contributed by atoms with Crippen LogP contribution in [-0.2, 0) is 13.1 Å². The molecule has 3 N–H and O–H groups in total. The molecule has 1 aliphatic rings. The van der Waals surface area contributed by atoms with Crippen LogP contribution < -0.4 is 15.8 Å². The fraction of sp³-hybridized carbons (Fsp3) is 0.409. The van der Waals surface area contributed by atoms with E-state index in [1.807, 2.05) is 24.3 Å². The number of aliphatic imine (C=N–C) groups is 1. The minimum Gasteiger partial charge on any atom is -0.497 e. The summed E-state index contributed by atoms with van der Waals surface area (Å²) in [5.74, 6) is 1.22. The summed E-state index contributed by atoms with van der Waals surface area (Å²) >= 11 is 0. The molecule has 1 atom stereocenters. The van der Waals surface area contributed by atoms with Crippen LogP contribution in [0.1, 0.15) is 37.3 Å². The summed E-state index contributed by atoms with van der Waals surface area (Å²) in [7, 11) is 1.65. The number of nitrogens with one attached hydrogen (secondary N) is 1. The second kappa shape index (κ2) is 9.42. The molecule has 1 unspecified atom stereocenters. The Morgan fingerprint density at radius 3 is 2.48 bits per heavy atom. The van der Waals surface area contributed by atoms with Crippen LogP contribution in [0.5, 0.6) is 5.75 Å². The van der Waals surface area contributed by atoms with Gasteiger partial charge in [0.25, 0.3) is 0 Å². The van der Waals surface area contributed by atoms with Crippen molar-refractivity contribution in [3.8, 4) is 5.75 Å². The number of nitrogens with zero attached hydrogens (tertiary/aromatic N) is 2. The first-order valence-electron chi connectivity index (χ1n) is 9.67. The molecule has 5 nitrogen and oxygen atoms in total. The molecule has 0 aromatic heterocycles. The van der Waals surface area contributed by atoms with Gasteiger partial charge >= 0.3 is 0 Å². The number of hydrogen-bond donors (Lipinski definition) is 2. The van der Waals surface area contributed by atoms with Gasteiger partial charge in [-0.1, -0.05) is 30.7 Å². The van der Waals surface area contributed by atoms with E-state index >= 15 is 0 Å². The van der Waals surface area contributed by atoms with Crippen LogP contribution in [0.15, 0.2) is 53.5 Å². The van der Waals surface area contributed by atoms with E-state index in [-0.39, 0.29) is 0 Å². The number of benzene rings is 2. The van der Waals surface area contributed by atoms with Crippen molar-refractivity contribution >= 4 is 11.6 Å². The zero-order valence-corrected chi connectivity index (χ0v) is 16.3. The lowest BCUT2D eigenvalue weighted by Gasteiger charge is -2.33. The zero-order chi connectivity index (χ0) is 19.1. The maximum absolute atomic E-state index is 5.99. The van der Waals surface area contributed by atoms with Crippen molar-refractivity contribution in [3.63, 3.8) is 0 Å². The van der Waals surface area contributed by atoms with Gasteiger partial charge in [0, 0.05) is 18.3 Å². The number of nitrogens with two attached hydrogens (primary N) is 1. The lowest BCUT2D eigenvalue weighted by molar-refractivity contribution is 0.152. The summed E-state index contributed by atoms with van der Waals surface area (Å²) in [5, 5.41) is 3.10. The van der Waals surface area contributed by atoms with Gasteiger partial charge in [-0.2, -0.15) is 0 Å². The minimum absolute atomic E-state index is 0.409. The van der Waals surface area contributed by atoms with Crippen molar-refractivity contribution in [3.05, 3.63) is 59.7 Å². The number of rotatable bonds is 6. The van der Waals surface area contributed by atoms with Crippen LogP contribution in [0.3, 0.4) is 0 Å². The van der Waals surface area contributed by atoms with Crippen LogP contribution in [-0.4, -0.2) is 30.6 Å². The standard InChI is InChI=1S/C22H30N4O/c1-17-5-3-4-14-26(17)16-19-8-6-18(7-9-19)15-24-22(23)25-20-10-12-21(27-2)13-11-20/h6-13,17H,3-5,14-16H2,1-2H3,(H3,23,24,25). The average molecular weight is 367 g/mol. The van der Waals surface area contributed by atoms with Gasteiger partial charge in [0.05, 0.1) is 13.7 Å². The van der Waals surface area contributed by atoms with Gasteiger partial charge in [0.2, 0.25) is 0 Å². The van der Waals surface area contributed by atoms with Crippen molar-refractivity contribution in [2.75, 3.05) is 19.0 Å². The highest BCUT2D eigenvalue weighted by Crippen LogP contribution is 2.19. The topological polar surface area (TPSA) is 62.9 Å². The Kier molecular flexibility index (Phi) is 6.71. The fourth-order valence-corrected chi connectivity index (χ4v) is 3.42. The Morgan fingerprint density at radius 1 is 1.11 bits per heavy atom. The van der Waals surface area contributed by atoms with E-state index in [9.17, 15) is 0 Å². The van der Waals surface area contributed by atoms with E-state index < -0.39 is 0 Å².